The summed E-state index contributed by atoms with van der Waals surface area (Å²) < 4.78 is 40.7. The lowest BCUT2D eigenvalue weighted by Gasteiger charge is -2.21. The van der Waals surface area contributed by atoms with Gasteiger partial charge in [0.1, 0.15) is 11.5 Å². The molecule has 1 heterocycles. The van der Waals surface area contributed by atoms with Crippen molar-refractivity contribution in [1.29, 1.82) is 0 Å². The summed E-state index contributed by atoms with van der Waals surface area (Å²) in [6, 6.07) is 16.4. The maximum atomic E-state index is 13.6. The van der Waals surface area contributed by atoms with Crippen LogP contribution in [0.3, 0.4) is 0 Å². The van der Waals surface area contributed by atoms with E-state index in [9.17, 15) is 8.42 Å². The zero-order valence-corrected chi connectivity index (χ0v) is 20.5. The molecular formula is C24H32N4O4S. The van der Waals surface area contributed by atoms with Gasteiger partial charge in [0.2, 0.25) is 0 Å². The van der Waals surface area contributed by atoms with Crippen molar-refractivity contribution in [3.05, 3.63) is 71.9 Å². The number of aryl methyl sites for hydroxylation is 1. The van der Waals surface area contributed by atoms with Crippen LogP contribution in [0.25, 0.3) is 0 Å². The zero-order chi connectivity index (χ0) is 23.8. The second-order valence-electron chi connectivity index (χ2n) is 8.04. The van der Waals surface area contributed by atoms with E-state index in [-0.39, 0.29) is 18.1 Å². The van der Waals surface area contributed by atoms with Gasteiger partial charge in [-0.3, -0.25) is 4.68 Å². The summed E-state index contributed by atoms with van der Waals surface area (Å²) in [5, 5.41) is 4.42. The molecule has 0 spiro atoms. The van der Waals surface area contributed by atoms with Gasteiger partial charge in [0.15, 0.2) is 5.03 Å². The predicted molar refractivity (Wildman–Crippen MR) is 128 cm³/mol. The highest BCUT2D eigenvalue weighted by Crippen LogP contribution is 2.22. The Labute approximate surface area is 196 Å². The molecule has 0 bridgehead atoms. The van der Waals surface area contributed by atoms with Gasteiger partial charge in [0.05, 0.1) is 14.2 Å². The molecule has 0 saturated carbocycles. The monoisotopic (exact) mass is 472 g/mol. The molecule has 8 nitrogen and oxygen atoms in total. The topological polar surface area (TPSA) is 76.9 Å². The van der Waals surface area contributed by atoms with Crippen molar-refractivity contribution in [3.63, 3.8) is 0 Å². The molecule has 9 heteroatoms. The van der Waals surface area contributed by atoms with Crippen LogP contribution in [-0.2, 0) is 29.7 Å². The molecule has 0 aliphatic heterocycles. The summed E-state index contributed by atoms with van der Waals surface area (Å²) in [5.41, 5.74) is 1.72. The van der Waals surface area contributed by atoms with Crippen LogP contribution in [0.5, 0.6) is 11.5 Å². The fraction of sp³-hybridized carbons (Fsp3) is 0.375. The standard InChI is InChI=1S/C24H32N4O4S/c1-26(2)15-5-16-27-17-14-24(25-27)33(29,30)28(18-20-6-10-22(31-3)11-7-20)19-21-8-12-23(32-4)13-9-21/h6-14,17H,5,15-16,18-19H2,1-4H3. The lowest BCUT2D eigenvalue weighted by molar-refractivity contribution is 0.377. The van der Waals surface area contributed by atoms with Crippen LogP contribution in [0, 0.1) is 0 Å². The average molecular weight is 473 g/mol. The Morgan fingerprint density at radius 1 is 0.848 bits per heavy atom. The minimum absolute atomic E-state index is 0.0503. The largest absolute Gasteiger partial charge is 0.497 e. The Morgan fingerprint density at radius 2 is 1.36 bits per heavy atom. The number of hydrogen-bond donors (Lipinski definition) is 0. The van der Waals surface area contributed by atoms with Crippen LogP contribution in [-0.4, -0.2) is 62.3 Å². The average Bonchev–Trinajstić information content (AvgIpc) is 3.29. The van der Waals surface area contributed by atoms with E-state index in [0.29, 0.717) is 6.54 Å². The molecule has 0 amide bonds. The summed E-state index contributed by atoms with van der Waals surface area (Å²) >= 11 is 0. The van der Waals surface area contributed by atoms with Crippen LogP contribution < -0.4 is 9.47 Å². The van der Waals surface area contributed by atoms with Crippen molar-refractivity contribution in [2.75, 3.05) is 34.9 Å². The van der Waals surface area contributed by atoms with Crippen molar-refractivity contribution < 1.29 is 17.9 Å². The van der Waals surface area contributed by atoms with E-state index in [4.69, 9.17) is 9.47 Å². The SMILES string of the molecule is COc1ccc(CN(Cc2ccc(OC)cc2)S(=O)(=O)c2ccn(CCCN(C)C)n2)cc1. The van der Waals surface area contributed by atoms with E-state index in [0.717, 1.165) is 35.6 Å². The highest BCUT2D eigenvalue weighted by Gasteiger charge is 2.27. The smallest absolute Gasteiger partial charge is 0.262 e. The van der Waals surface area contributed by atoms with Gasteiger partial charge in [0.25, 0.3) is 10.0 Å². The normalized spacial score (nSPS) is 11.8. The van der Waals surface area contributed by atoms with Crippen LogP contribution in [0.2, 0.25) is 0 Å². The Kier molecular flexibility index (Phi) is 8.49. The number of sulfonamides is 1. The number of nitrogens with zero attached hydrogens (tertiary/aromatic N) is 4. The first-order chi connectivity index (χ1) is 15.8. The fourth-order valence-corrected chi connectivity index (χ4v) is 4.72. The van der Waals surface area contributed by atoms with Gasteiger partial charge >= 0.3 is 0 Å². The summed E-state index contributed by atoms with van der Waals surface area (Å²) in [6.07, 6.45) is 2.61. The van der Waals surface area contributed by atoms with Crippen molar-refractivity contribution >= 4 is 10.0 Å². The molecule has 0 saturated heterocycles. The Balaban J connectivity index is 1.84. The Hall–Kier alpha value is -2.88. The predicted octanol–water partition coefficient (Wildman–Crippen LogP) is 3.24. The molecule has 3 aromatic rings. The third-order valence-corrected chi connectivity index (χ3v) is 6.93. The van der Waals surface area contributed by atoms with Crippen LogP contribution in [0.15, 0.2) is 65.8 Å². The van der Waals surface area contributed by atoms with Gasteiger partial charge in [-0.05, 0) is 68.5 Å². The first-order valence-electron chi connectivity index (χ1n) is 10.8. The van der Waals surface area contributed by atoms with Crippen LogP contribution in [0.4, 0.5) is 0 Å². The molecule has 2 aromatic carbocycles. The summed E-state index contributed by atoms with van der Waals surface area (Å²) in [6.45, 7) is 1.99. The number of rotatable bonds is 12. The summed E-state index contributed by atoms with van der Waals surface area (Å²) in [4.78, 5) is 2.09. The fourth-order valence-electron chi connectivity index (χ4n) is 3.38. The number of aromatic nitrogens is 2. The van der Waals surface area contributed by atoms with E-state index in [1.165, 1.54) is 4.31 Å². The second kappa shape index (κ2) is 11.3. The van der Waals surface area contributed by atoms with E-state index < -0.39 is 10.0 Å². The van der Waals surface area contributed by atoms with Crippen molar-refractivity contribution in [3.8, 4) is 11.5 Å². The van der Waals surface area contributed by atoms with E-state index in [1.54, 1.807) is 31.2 Å². The molecule has 0 atom stereocenters. The molecular weight excluding hydrogens is 440 g/mol. The number of hydrogen-bond acceptors (Lipinski definition) is 6. The molecule has 0 N–H and O–H groups in total. The quantitative estimate of drug-likeness (QED) is 0.403. The highest BCUT2D eigenvalue weighted by atomic mass is 32.2. The maximum Gasteiger partial charge on any atom is 0.262 e. The van der Waals surface area contributed by atoms with E-state index >= 15 is 0 Å². The molecule has 0 fully saturated rings. The van der Waals surface area contributed by atoms with Crippen LogP contribution >= 0.6 is 0 Å². The first kappa shape index (κ1) is 24.8. The lowest BCUT2D eigenvalue weighted by Crippen LogP contribution is -2.30. The molecule has 1 aromatic heterocycles. The molecule has 0 aliphatic rings. The third kappa shape index (κ3) is 6.80. The van der Waals surface area contributed by atoms with Crippen LogP contribution in [0.1, 0.15) is 17.5 Å². The molecule has 33 heavy (non-hydrogen) atoms. The highest BCUT2D eigenvalue weighted by molar-refractivity contribution is 7.89. The molecule has 3 rings (SSSR count). The Bertz CT molecular complexity index is 1060. The van der Waals surface area contributed by atoms with Gasteiger partial charge in [0, 0.05) is 25.8 Å². The molecule has 0 radical (unpaired) electrons. The zero-order valence-electron chi connectivity index (χ0n) is 19.6. The van der Waals surface area contributed by atoms with Gasteiger partial charge in [-0.2, -0.15) is 9.40 Å². The van der Waals surface area contributed by atoms with Crippen molar-refractivity contribution in [2.24, 2.45) is 0 Å². The summed E-state index contributed by atoms with van der Waals surface area (Å²) in [5.74, 6) is 1.44. The second-order valence-corrected chi connectivity index (χ2v) is 9.93. The van der Waals surface area contributed by atoms with Gasteiger partial charge in [-0.25, -0.2) is 8.42 Å². The van der Waals surface area contributed by atoms with Gasteiger partial charge in [-0.1, -0.05) is 24.3 Å². The van der Waals surface area contributed by atoms with Gasteiger partial charge in [-0.15, -0.1) is 0 Å². The minimum atomic E-state index is -3.82. The molecule has 178 valence electrons. The number of benzene rings is 2. The molecule has 0 aliphatic carbocycles. The lowest BCUT2D eigenvalue weighted by atomic mass is 10.2. The van der Waals surface area contributed by atoms with E-state index in [2.05, 4.69) is 10.00 Å². The molecule has 0 unspecified atom stereocenters. The minimum Gasteiger partial charge on any atom is -0.497 e. The maximum absolute atomic E-state index is 13.6. The van der Waals surface area contributed by atoms with Gasteiger partial charge < -0.3 is 14.4 Å². The van der Waals surface area contributed by atoms with Crippen molar-refractivity contribution in [1.82, 2.24) is 19.0 Å². The summed E-state index contributed by atoms with van der Waals surface area (Å²) in [7, 11) is 3.40. The number of methoxy groups -OCH3 is 2. The third-order valence-electron chi connectivity index (χ3n) is 5.25. The first-order valence-corrected chi connectivity index (χ1v) is 12.2. The Morgan fingerprint density at radius 3 is 1.82 bits per heavy atom. The van der Waals surface area contributed by atoms with Crippen molar-refractivity contribution in [2.45, 2.75) is 31.1 Å². The number of ether oxygens (including phenoxy) is 2. The van der Waals surface area contributed by atoms with E-state index in [1.807, 2.05) is 62.6 Å².